The molecule has 3 heteroatoms. The van der Waals surface area contributed by atoms with Crippen molar-refractivity contribution in [1.82, 2.24) is 9.97 Å². The number of aryl methyl sites for hydroxylation is 1. The second kappa shape index (κ2) is 19.2. The number of nitrogens with zero attached hydrogens (tertiary/aromatic N) is 2. The summed E-state index contributed by atoms with van der Waals surface area (Å²) in [6, 6.07) is 8.28. The van der Waals surface area contributed by atoms with E-state index in [1.54, 1.807) is 0 Å². The topological polar surface area (TPSA) is 35.0 Å². The minimum absolute atomic E-state index is 0.807. The van der Waals surface area contributed by atoms with Crippen LogP contribution in [0.25, 0.3) is 11.4 Å². The predicted molar refractivity (Wildman–Crippen MR) is 163 cm³/mol. The molecular weight excluding hydrogens is 464 g/mol. The Morgan fingerprint density at radius 3 is 1.76 bits per heavy atom. The van der Waals surface area contributed by atoms with Gasteiger partial charge in [0.1, 0.15) is 5.75 Å². The minimum Gasteiger partial charge on any atom is -0.494 e. The first-order chi connectivity index (χ1) is 18.8. The minimum atomic E-state index is 0.807. The molecule has 0 spiro atoms. The maximum Gasteiger partial charge on any atom is 0.159 e. The number of ether oxygens (including phenoxy) is 1. The van der Waals surface area contributed by atoms with E-state index >= 15 is 0 Å². The van der Waals surface area contributed by atoms with Gasteiger partial charge >= 0.3 is 0 Å². The average molecular weight is 521 g/mol. The molecule has 0 radical (unpaired) electrons. The van der Waals surface area contributed by atoms with Gasteiger partial charge in [-0.1, -0.05) is 123 Å². The van der Waals surface area contributed by atoms with Crippen LogP contribution in [0.1, 0.15) is 141 Å². The van der Waals surface area contributed by atoms with Crippen LogP contribution in [0.4, 0.5) is 0 Å². The Hall–Kier alpha value is -1.90. The molecule has 0 atom stereocenters. The van der Waals surface area contributed by atoms with Crippen molar-refractivity contribution in [2.75, 3.05) is 6.61 Å². The lowest BCUT2D eigenvalue weighted by atomic mass is 9.78. The molecule has 3 nitrogen and oxygen atoms in total. The molecule has 0 bridgehead atoms. The summed E-state index contributed by atoms with van der Waals surface area (Å²) in [6.45, 7) is 5.39. The third-order valence-corrected chi connectivity index (χ3v) is 8.61. The summed E-state index contributed by atoms with van der Waals surface area (Å²) < 4.78 is 5.97. The fourth-order valence-electron chi connectivity index (χ4n) is 5.98. The van der Waals surface area contributed by atoms with Crippen LogP contribution < -0.4 is 4.74 Å². The molecule has 1 aromatic carbocycles. The van der Waals surface area contributed by atoms with Crippen molar-refractivity contribution in [1.29, 1.82) is 0 Å². The lowest BCUT2D eigenvalue weighted by Crippen LogP contribution is -2.15. The van der Waals surface area contributed by atoms with E-state index in [0.29, 0.717) is 0 Å². The Morgan fingerprint density at radius 1 is 0.632 bits per heavy atom. The third-order valence-electron chi connectivity index (χ3n) is 8.61. The second-order valence-corrected chi connectivity index (χ2v) is 11.9. The summed E-state index contributed by atoms with van der Waals surface area (Å²) in [5, 5.41) is 0. The van der Waals surface area contributed by atoms with Crippen molar-refractivity contribution in [3.05, 3.63) is 42.2 Å². The Kier molecular flexibility index (Phi) is 15.5. The highest BCUT2D eigenvalue weighted by atomic mass is 16.5. The lowest BCUT2D eigenvalue weighted by Gasteiger charge is -2.28. The molecule has 1 aliphatic carbocycles. The van der Waals surface area contributed by atoms with Crippen molar-refractivity contribution >= 4 is 0 Å². The molecule has 2 aromatic rings. The standard InChI is InChI=1S/C35H56N2O/c1-3-5-7-8-9-10-11-12-13-15-27-38-34-25-23-33(24-26-34)35-36-28-32(29-37-35)22-21-31-19-17-30(18-20-31)16-14-6-4-2/h23-26,28-31H,3-22,27H2,1-2H3/t30-,31-. The van der Waals surface area contributed by atoms with Gasteiger partial charge in [-0.25, -0.2) is 9.97 Å². The average Bonchev–Trinajstić information content (AvgIpc) is 2.96. The van der Waals surface area contributed by atoms with E-state index in [1.807, 2.05) is 12.4 Å². The van der Waals surface area contributed by atoms with Gasteiger partial charge in [0.2, 0.25) is 0 Å². The third kappa shape index (κ3) is 12.3. The van der Waals surface area contributed by atoms with Gasteiger partial charge in [-0.05, 0) is 60.9 Å². The van der Waals surface area contributed by atoms with Crippen molar-refractivity contribution in [3.8, 4) is 17.1 Å². The number of hydrogen-bond acceptors (Lipinski definition) is 3. The quantitative estimate of drug-likeness (QED) is 0.163. The molecule has 212 valence electrons. The van der Waals surface area contributed by atoms with E-state index in [4.69, 9.17) is 4.74 Å². The van der Waals surface area contributed by atoms with Crippen molar-refractivity contribution in [3.63, 3.8) is 0 Å². The summed E-state index contributed by atoms with van der Waals surface area (Å²) >= 11 is 0. The van der Waals surface area contributed by atoms with Gasteiger partial charge in [0.05, 0.1) is 6.61 Å². The van der Waals surface area contributed by atoms with E-state index in [0.717, 1.165) is 48.4 Å². The molecule has 1 aromatic heterocycles. The number of aromatic nitrogens is 2. The van der Waals surface area contributed by atoms with Crippen LogP contribution in [0.5, 0.6) is 5.75 Å². The van der Waals surface area contributed by atoms with E-state index in [-0.39, 0.29) is 0 Å². The van der Waals surface area contributed by atoms with Gasteiger partial charge in [-0.3, -0.25) is 0 Å². The molecule has 0 unspecified atom stereocenters. The Labute approximate surface area is 234 Å². The molecule has 1 heterocycles. The van der Waals surface area contributed by atoms with Crippen LogP contribution in [0, 0.1) is 11.8 Å². The molecule has 0 aliphatic heterocycles. The van der Waals surface area contributed by atoms with Gasteiger partial charge in [0.15, 0.2) is 5.82 Å². The molecular formula is C35H56N2O. The summed E-state index contributed by atoms with van der Waals surface area (Å²) in [7, 11) is 0. The van der Waals surface area contributed by atoms with Gasteiger partial charge < -0.3 is 4.74 Å². The van der Waals surface area contributed by atoms with Gasteiger partial charge in [-0.2, -0.15) is 0 Å². The van der Waals surface area contributed by atoms with E-state index in [1.165, 1.54) is 121 Å². The SMILES string of the molecule is CCCCCCCCCCCCOc1ccc(-c2ncc(CC[C@H]3CC[C@H](CCCCC)CC3)cn2)cc1. The Bertz CT molecular complexity index is 824. The molecule has 0 N–H and O–H groups in total. The zero-order valence-electron chi connectivity index (χ0n) is 24.8. The highest BCUT2D eigenvalue weighted by Gasteiger charge is 2.20. The zero-order valence-corrected chi connectivity index (χ0v) is 24.8. The van der Waals surface area contributed by atoms with Gasteiger partial charge in [0, 0.05) is 18.0 Å². The Balaban J connectivity index is 1.26. The van der Waals surface area contributed by atoms with E-state index in [2.05, 4.69) is 48.1 Å². The first kappa shape index (κ1) is 30.6. The van der Waals surface area contributed by atoms with Crippen LogP contribution in [0.2, 0.25) is 0 Å². The smallest absolute Gasteiger partial charge is 0.159 e. The summed E-state index contributed by atoms with van der Waals surface area (Å²) in [4.78, 5) is 9.35. The molecule has 1 aliphatic rings. The molecule has 38 heavy (non-hydrogen) atoms. The van der Waals surface area contributed by atoms with Crippen LogP contribution in [-0.4, -0.2) is 16.6 Å². The summed E-state index contributed by atoms with van der Waals surface area (Å²) in [5.74, 6) is 3.64. The van der Waals surface area contributed by atoms with Crippen LogP contribution >= 0.6 is 0 Å². The van der Waals surface area contributed by atoms with Crippen molar-refractivity contribution in [2.24, 2.45) is 11.8 Å². The van der Waals surface area contributed by atoms with Gasteiger partial charge in [-0.15, -0.1) is 0 Å². The fraction of sp³-hybridized carbons (Fsp3) is 0.714. The maximum atomic E-state index is 5.97. The van der Waals surface area contributed by atoms with Crippen LogP contribution in [0.3, 0.4) is 0 Å². The molecule has 0 saturated heterocycles. The van der Waals surface area contributed by atoms with E-state index < -0.39 is 0 Å². The lowest BCUT2D eigenvalue weighted by molar-refractivity contribution is 0.249. The van der Waals surface area contributed by atoms with Crippen molar-refractivity contribution < 1.29 is 4.74 Å². The van der Waals surface area contributed by atoms with Crippen molar-refractivity contribution in [2.45, 2.75) is 142 Å². The number of benzene rings is 1. The Morgan fingerprint density at radius 2 is 1.16 bits per heavy atom. The van der Waals surface area contributed by atoms with Crippen LogP contribution in [0.15, 0.2) is 36.7 Å². The monoisotopic (exact) mass is 520 g/mol. The maximum absolute atomic E-state index is 5.97. The normalized spacial score (nSPS) is 17.5. The first-order valence-corrected chi connectivity index (χ1v) is 16.3. The number of hydrogen-bond donors (Lipinski definition) is 0. The van der Waals surface area contributed by atoms with Gasteiger partial charge in [0.25, 0.3) is 0 Å². The summed E-state index contributed by atoms with van der Waals surface area (Å²) in [6.07, 6.45) is 31.4. The van der Waals surface area contributed by atoms with E-state index in [9.17, 15) is 0 Å². The summed E-state index contributed by atoms with van der Waals surface area (Å²) in [5.41, 5.74) is 2.33. The molecule has 1 fully saturated rings. The number of unbranched alkanes of at least 4 members (excludes halogenated alkanes) is 11. The fourth-order valence-corrected chi connectivity index (χ4v) is 5.98. The first-order valence-electron chi connectivity index (χ1n) is 16.3. The van der Waals surface area contributed by atoms with Crippen LogP contribution in [-0.2, 0) is 6.42 Å². The highest BCUT2D eigenvalue weighted by molar-refractivity contribution is 5.55. The number of rotatable bonds is 20. The second-order valence-electron chi connectivity index (χ2n) is 11.9. The molecule has 0 amide bonds. The molecule has 1 saturated carbocycles. The predicted octanol–water partition coefficient (Wildman–Crippen LogP) is 10.8. The zero-order chi connectivity index (χ0) is 26.7. The largest absolute Gasteiger partial charge is 0.494 e. The molecule has 3 rings (SSSR count). The highest BCUT2D eigenvalue weighted by Crippen LogP contribution is 2.34.